The highest BCUT2D eigenvalue weighted by Gasteiger charge is 2.38. The van der Waals surface area contributed by atoms with Gasteiger partial charge >= 0.3 is 0 Å². The van der Waals surface area contributed by atoms with Crippen LogP contribution in [-0.2, 0) is 27.6 Å². The van der Waals surface area contributed by atoms with Crippen molar-refractivity contribution in [3.63, 3.8) is 0 Å². The molecule has 0 saturated heterocycles. The van der Waals surface area contributed by atoms with Gasteiger partial charge in [-0.2, -0.15) is 0 Å². The molecule has 1 aliphatic heterocycles. The van der Waals surface area contributed by atoms with E-state index in [0.29, 0.717) is 12.2 Å². The van der Waals surface area contributed by atoms with E-state index in [1.807, 2.05) is 18.2 Å². The molecule has 1 heterocycles. The maximum Gasteiger partial charge on any atom is 0.245 e. The molecule has 1 amide bonds. The zero-order valence-electron chi connectivity index (χ0n) is 12.0. The number of rotatable bonds is 3. The van der Waals surface area contributed by atoms with Gasteiger partial charge in [0.05, 0.1) is 0 Å². The molecule has 0 atom stereocenters. The highest BCUT2D eigenvalue weighted by molar-refractivity contribution is 7.92. The number of benzene rings is 1. The van der Waals surface area contributed by atoms with Crippen molar-refractivity contribution < 1.29 is 13.2 Å². The van der Waals surface area contributed by atoms with Crippen molar-refractivity contribution in [2.75, 3.05) is 18.1 Å². The van der Waals surface area contributed by atoms with Crippen LogP contribution in [0.2, 0.25) is 0 Å². The molecule has 0 unspecified atom stereocenters. The summed E-state index contributed by atoms with van der Waals surface area (Å²) >= 11 is 0. The van der Waals surface area contributed by atoms with E-state index >= 15 is 0 Å². The predicted molar refractivity (Wildman–Crippen MR) is 79.4 cm³/mol. The summed E-state index contributed by atoms with van der Waals surface area (Å²) in [6.07, 6.45) is 1.99. The van der Waals surface area contributed by atoms with E-state index in [4.69, 9.17) is 0 Å². The summed E-state index contributed by atoms with van der Waals surface area (Å²) in [5.74, 6) is -0.501. The van der Waals surface area contributed by atoms with Crippen molar-refractivity contribution in [3.8, 4) is 0 Å². The highest BCUT2D eigenvalue weighted by atomic mass is 32.2. The van der Waals surface area contributed by atoms with Gasteiger partial charge in [-0.05, 0) is 44.0 Å². The molecule has 110 valence electrons. The van der Waals surface area contributed by atoms with Crippen LogP contribution in [0, 0.1) is 0 Å². The van der Waals surface area contributed by atoms with Gasteiger partial charge in [0.15, 0.2) is 9.84 Å². The lowest BCUT2D eigenvalue weighted by Gasteiger charge is -2.25. The van der Waals surface area contributed by atoms with Crippen LogP contribution in [0.15, 0.2) is 18.2 Å². The van der Waals surface area contributed by atoms with Gasteiger partial charge in [-0.3, -0.25) is 4.79 Å². The second-order valence-corrected chi connectivity index (χ2v) is 8.17. The average Bonchev–Trinajstić information content (AvgIpc) is 2.37. The third-order valence-corrected chi connectivity index (χ3v) is 5.91. The molecule has 0 radical (unpaired) electrons. The predicted octanol–water partition coefficient (Wildman–Crippen LogP) is 1.09. The number of carbonyl (C=O) groups is 1. The van der Waals surface area contributed by atoms with Gasteiger partial charge in [-0.1, -0.05) is 12.1 Å². The number of hydrogen-bond acceptors (Lipinski definition) is 4. The van der Waals surface area contributed by atoms with E-state index in [-0.39, 0.29) is 0 Å². The quantitative estimate of drug-likeness (QED) is 0.875. The molecular formula is C14H20N2O3S. The van der Waals surface area contributed by atoms with E-state index in [2.05, 4.69) is 10.6 Å². The molecular weight excluding hydrogens is 276 g/mol. The number of anilines is 1. The van der Waals surface area contributed by atoms with Crippen molar-refractivity contribution in [1.29, 1.82) is 0 Å². The number of hydrogen-bond donors (Lipinski definition) is 2. The minimum Gasteiger partial charge on any atom is -0.324 e. The minimum absolute atomic E-state index is 0.501. The number of sulfone groups is 1. The van der Waals surface area contributed by atoms with Gasteiger partial charge in [0.25, 0.3) is 0 Å². The molecule has 2 rings (SSSR count). The smallest absolute Gasteiger partial charge is 0.245 e. The fourth-order valence-corrected chi connectivity index (χ4v) is 2.46. The Morgan fingerprint density at radius 2 is 2.05 bits per heavy atom. The van der Waals surface area contributed by atoms with E-state index in [9.17, 15) is 13.2 Å². The zero-order valence-corrected chi connectivity index (χ0v) is 12.8. The maximum absolute atomic E-state index is 12.3. The van der Waals surface area contributed by atoms with Crippen molar-refractivity contribution in [2.24, 2.45) is 0 Å². The van der Waals surface area contributed by atoms with Gasteiger partial charge < -0.3 is 10.6 Å². The van der Waals surface area contributed by atoms with Crippen LogP contribution in [0.4, 0.5) is 5.69 Å². The van der Waals surface area contributed by atoms with Crippen LogP contribution >= 0.6 is 0 Å². The van der Waals surface area contributed by atoms with Crippen LogP contribution in [0.1, 0.15) is 25.0 Å². The Morgan fingerprint density at radius 3 is 2.70 bits per heavy atom. The zero-order chi connectivity index (χ0) is 15.0. The van der Waals surface area contributed by atoms with Crippen LogP contribution in [0.25, 0.3) is 0 Å². The first kappa shape index (κ1) is 15.0. The number of carbonyl (C=O) groups excluding carboxylic acids is 1. The fraction of sp³-hybridized carbons (Fsp3) is 0.500. The van der Waals surface area contributed by atoms with Crippen molar-refractivity contribution in [2.45, 2.75) is 31.6 Å². The topological polar surface area (TPSA) is 75.3 Å². The Labute approximate surface area is 119 Å². The van der Waals surface area contributed by atoms with Gasteiger partial charge in [-0.25, -0.2) is 8.42 Å². The summed E-state index contributed by atoms with van der Waals surface area (Å²) in [4.78, 5) is 12.3. The lowest BCUT2D eigenvalue weighted by Crippen LogP contribution is -2.44. The lowest BCUT2D eigenvalue weighted by molar-refractivity contribution is -0.117. The van der Waals surface area contributed by atoms with E-state index < -0.39 is 20.5 Å². The summed E-state index contributed by atoms with van der Waals surface area (Å²) in [5, 5.41) is 6.01. The first-order chi connectivity index (χ1) is 9.23. The van der Waals surface area contributed by atoms with Crippen molar-refractivity contribution >= 4 is 21.4 Å². The Hall–Kier alpha value is -1.40. The summed E-state index contributed by atoms with van der Waals surface area (Å²) in [5.41, 5.74) is 2.92. The standard InChI is InChI=1S/C14H20N2O3S/c1-14(2,20(3,18)19)13(17)16-12-6-4-5-10-7-8-15-9-11(10)12/h4-6,15H,7-9H2,1-3H3,(H,16,17). The van der Waals surface area contributed by atoms with Crippen molar-refractivity contribution in [1.82, 2.24) is 5.32 Å². The lowest BCUT2D eigenvalue weighted by atomic mass is 9.99. The third-order valence-electron chi connectivity index (χ3n) is 3.87. The van der Waals surface area contributed by atoms with Gasteiger partial charge in [-0.15, -0.1) is 0 Å². The van der Waals surface area contributed by atoms with E-state index in [1.54, 1.807) is 0 Å². The van der Waals surface area contributed by atoms with Crippen LogP contribution in [-0.4, -0.2) is 31.9 Å². The largest absolute Gasteiger partial charge is 0.324 e. The number of amides is 1. The summed E-state index contributed by atoms with van der Waals surface area (Å²) in [6.45, 7) is 4.45. The van der Waals surface area contributed by atoms with E-state index in [1.165, 1.54) is 19.4 Å². The fourth-order valence-electron chi connectivity index (χ4n) is 2.07. The Morgan fingerprint density at radius 1 is 1.35 bits per heavy atom. The molecule has 1 aliphatic rings. The first-order valence-electron chi connectivity index (χ1n) is 6.56. The molecule has 0 aliphatic carbocycles. The molecule has 0 spiro atoms. The molecule has 5 nitrogen and oxygen atoms in total. The first-order valence-corrected chi connectivity index (χ1v) is 8.45. The average molecular weight is 296 g/mol. The molecule has 0 fully saturated rings. The monoisotopic (exact) mass is 296 g/mol. The van der Waals surface area contributed by atoms with Crippen molar-refractivity contribution in [3.05, 3.63) is 29.3 Å². The molecule has 1 aromatic carbocycles. The maximum atomic E-state index is 12.3. The Kier molecular flexibility index (Phi) is 3.88. The number of nitrogens with one attached hydrogen (secondary N) is 2. The SMILES string of the molecule is CC(C)(C(=O)Nc1cccc2c1CNCC2)S(C)(=O)=O. The normalized spacial score (nSPS) is 15.6. The third kappa shape index (κ3) is 2.71. The summed E-state index contributed by atoms with van der Waals surface area (Å²) in [7, 11) is -3.47. The molecule has 0 saturated carbocycles. The second kappa shape index (κ2) is 5.18. The van der Waals surface area contributed by atoms with Gasteiger partial charge in [0.1, 0.15) is 4.75 Å². The summed E-state index contributed by atoms with van der Waals surface area (Å²) in [6, 6.07) is 5.73. The second-order valence-electron chi connectivity index (χ2n) is 5.61. The van der Waals surface area contributed by atoms with Gasteiger partial charge in [0.2, 0.25) is 5.91 Å². The molecule has 0 bridgehead atoms. The van der Waals surface area contributed by atoms with Crippen LogP contribution < -0.4 is 10.6 Å². The highest BCUT2D eigenvalue weighted by Crippen LogP contribution is 2.25. The van der Waals surface area contributed by atoms with Crippen LogP contribution in [0.3, 0.4) is 0 Å². The van der Waals surface area contributed by atoms with Gasteiger partial charge in [0, 0.05) is 18.5 Å². The molecule has 2 N–H and O–H groups in total. The van der Waals surface area contributed by atoms with E-state index in [0.717, 1.165) is 24.8 Å². The molecule has 1 aromatic rings. The Bertz CT molecular complexity index is 636. The minimum atomic E-state index is -3.47. The van der Waals surface area contributed by atoms with Crippen LogP contribution in [0.5, 0.6) is 0 Å². The molecule has 0 aromatic heterocycles. The number of fused-ring (bicyclic) bond motifs is 1. The summed E-state index contributed by atoms with van der Waals surface area (Å²) < 4.78 is 22.0. The Balaban J connectivity index is 2.30. The molecule has 20 heavy (non-hydrogen) atoms. The molecule has 6 heteroatoms.